The van der Waals surface area contributed by atoms with E-state index in [0.29, 0.717) is 5.52 Å². The number of carboxylic acids is 1. The maximum absolute atomic E-state index is 15.7. The predicted molar refractivity (Wildman–Crippen MR) is 165 cm³/mol. The van der Waals surface area contributed by atoms with Gasteiger partial charge >= 0.3 is 11.9 Å². The Morgan fingerprint density at radius 3 is 2.43 bits per heavy atom. The van der Waals surface area contributed by atoms with E-state index < -0.39 is 34.7 Å². The molecule has 0 radical (unpaired) electrons. The Balaban J connectivity index is 1.27. The highest BCUT2D eigenvalue weighted by Gasteiger charge is 2.34. The van der Waals surface area contributed by atoms with Crippen molar-refractivity contribution in [2.45, 2.75) is 51.6 Å². The van der Waals surface area contributed by atoms with E-state index in [1.165, 1.54) is 31.5 Å². The molecule has 1 saturated carbocycles. The minimum absolute atomic E-state index is 0.0334. The van der Waals surface area contributed by atoms with Crippen molar-refractivity contribution >= 4 is 46.0 Å². The first-order chi connectivity index (χ1) is 21.9. The Morgan fingerprint density at radius 2 is 1.83 bits per heavy atom. The summed E-state index contributed by atoms with van der Waals surface area (Å²) in [6.07, 6.45) is 2.65. The molecular weight excluding hydrogens is 603 g/mol. The number of esters is 1. The third kappa shape index (κ3) is 6.32. The maximum Gasteiger partial charge on any atom is 0.341 e. The van der Waals surface area contributed by atoms with E-state index in [-0.39, 0.29) is 90.9 Å². The van der Waals surface area contributed by atoms with Gasteiger partial charge in [-0.3, -0.25) is 14.4 Å². The standard InChI is InChI=1S/C32H35FN4O9/c1-4-46-32(44)20-8-5-18(13-24(20)38)34-25(39)9-10-26(40)36-12-11-35(15-17(36)2)28-23(33)14-21-27(30(28)45-3)37(19-6-7-19)16-22(29(21)41)31(42)43/h5,8,13-14,16-17,19,38H,4,6-7,9-12,15H2,1-3H3,(H,34,39)(H,42,43). The number of hydrogen-bond donors (Lipinski definition) is 3. The fourth-order valence-electron chi connectivity index (χ4n) is 5.83. The third-order valence-electron chi connectivity index (χ3n) is 8.18. The summed E-state index contributed by atoms with van der Waals surface area (Å²) in [5.74, 6) is -3.76. The zero-order chi connectivity index (χ0) is 33.3. The van der Waals surface area contributed by atoms with Gasteiger partial charge in [0.1, 0.15) is 22.6 Å². The molecule has 3 N–H and O–H groups in total. The second-order valence-corrected chi connectivity index (χ2v) is 11.3. The van der Waals surface area contributed by atoms with Crippen molar-refractivity contribution in [1.82, 2.24) is 9.47 Å². The van der Waals surface area contributed by atoms with E-state index in [2.05, 4.69) is 5.32 Å². The summed E-state index contributed by atoms with van der Waals surface area (Å²) in [7, 11) is 1.37. The average Bonchev–Trinajstić information content (AvgIpc) is 3.85. The van der Waals surface area contributed by atoms with Crippen LogP contribution in [0.4, 0.5) is 15.8 Å². The number of fused-ring (bicyclic) bond motifs is 1. The molecule has 1 aromatic heterocycles. The lowest BCUT2D eigenvalue weighted by molar-refractivity contribution is -0.135. The molecule has 0 bridgehead atoms. The average molecular weight is 639 g/mol. The van der Waals surface area contributed by atoms with Gasteiger partial charge in [-0.1, -0.05) is 0 Å². The van der Waals surface area contributed by atoms with E-state index in [4.69, 9.17) is 9.47 Å². The molecule has 1 unspecified atom stereocenters. The van der Waals surface area contributed by atoms with E-state index >= 15 is 4.39 Å². The van der Waals surface area contributed by atoms with Crippen LogP contribution in [-0.2, 0) is 14.3 Å². The number of amides is 2. The molecule has 2 aliphatic rings. The molecular formula is C32H35FN4O9. The SMILES string of the molecule is CCOC(=O)c1ccc(NC(=O)CCC(=O)N2CCN(c3c(F)cc4c(=O)c(C(=O)O)cn(C5CC5)c4c3OC)CC2C)cc1O. The Hall–Kier alpha value is -5.14. The number of pyridine rings is 1. The molecule has 14 heteroatoms. The summed E-state index contributed by atoms with van der Waals surface area (Å²) in [5.41, 5.74) is -0.550. The lowest BCUT2D eigenvalue weighted by atomic mass is 10.1. The minimum atomic E-state index is -1.39. The third-order valence-corrected chi connectivity index (χ3v) is 8.18. The predicted octanol–water partition coefficient (Wildman–Crippen LogP) is 3.52. The molecule has 46 heavy (non-hydrogen) atoms. The quantitative estimate of drug-likeness (QED) is 0.280. The van der Waals surface area contributed by atoms with Crippen LogP contribution < -0.4 is 20.4 Å². The van der Waals surface area contributed by atoms with Crippen LogP contribution in [-0.4, -0.2) is 82.8 Å². The number of aromatic hydroxyl groups is 1. The number of anilines is 2. The number of aromatic carboxylic acids is 1. The fraction of sp³-hybridized carbons (Fsp3) is 0.406. The zero-order valence-corrected chi connectivity index (χ0v) is 25.7. The summed E-state index contributed by atoms with van der Waals surface area (Å²) < 4.78 is 28.0. The molecule has 1 saturated heterocycles. The first-order valence-electron chi connectivity index (χ1n) is 15.0. The van der Waals surface area contributed by atoms with Gasteiger partial charge in [0.25, 0.3) is 0 Å². The van der Waals surface area contributed by atoms with Gasteiger partial charge in [0.05, 0.1) is 24.6 Å². The van der Waals surface area contributed by atoms with Gasteiger partial charge in [-0.05, 0) is 44.9 Å². The number of hydrogen-bond acceptors (Lipinski definition) is 9. The summed E-state index contributed by atoms with van der Waals surface area (Å²) in [5, 5.41) is 22.2. The number of carbonyl (C=O) groups is 4. The van der Waals surface area contributed by atoms with Crippen LogP contribution in [0.5, 0.6) is 11.5 Å². The Kier molecular flexibility index (Phi) is 9.17. The molecule has 2 heterocycles. The van der Waals surface area contributed by atoms with Crippen LogP contribution in [0.3, 0.4) is 0 Å². The van der Waals surface area contributed by atoms with Crippen molar-refractivity contribution in [2.24, 2.45) is 0 Å². The first kappa shape index (κ1) is 32.3. The lowest BCUT2D eigenvalue weighted by Gasteiger charge is -2.41. The van der Waals surface area contributed by atoms with Gasteiger partial charge in [0.15, 0.2) is 11.6 Å². The van der Waals surface area contributed by atoms with Crippen LogP contribution in [0.1, 0.15) is 66.3 Å². The monoisotopic (exact) mass is 638 g/mol. The Labute approximate surface area is 263 Å². The number of rotatable bonds is 10. The molecule has 5 rings (SSSR count). The molecule has 1 aliphatic carbocycles. The molecule has 0 spiro atoms. The summed E-state index contributed by atoms with van der Waals surface area (Å²) in [6.45, 7) is 4.31. The smallest absolute Gasteiger partial charge is 0.341 e. The summed E-state index contributed by atoms with van der Waals surface area (Å²) in [4.78, 5) is 65.6. The highest BCUT2D eigenvalue weighted by Crippen LogP contribution is 2.44. The van der Waals surface area contributed by atoms with E-state index in [0.717, 1.165) is 18.9 Å². The molecule has 2 aromatic carbocycles. The topological polar surface area (TPSA) is 168 Å². The van der Waals surface area contributed by atoms with Gasteiger partial charge < -0.3 is 39.4 Å². The number of carboxylic acid groups (broad SMARTS) is 1. The number of nitrogens with one attached hydrogen (secondary N) is 1. The van der Waals surface area contributed by atoms with Gasteiger partial charge in [-0.2, -0.15) is 0 Å². The molecule has 1 atom stereocenters. The molecule has 244 valence electrons. The fourth-order valence-corrected chi connectivity index (χ4v) is 5.83. The number of phenolic OH excluding ortho intramolecular Hbond substituents is 1. The van der Waals surface area contributed by atoms with Gasteiger partial charge in [0.2, 0.25) is 17.2 Å². The lowest BCUT2D eigenvalue weighted by Crippen LogP contribution is -2.54. The number of benzene rings is 2. The van der Waals surface area contributed by atoms with Crippen molar-refractivity contribution in [3.05, 3.63) is 57.6 Å². The summed E-state index contributed by atoms with van der Waals surface area (Å²) in [6, 6.07) is 4.67. The second kappa shape index (κ2) is 13.1. The number of aromatic nitrogens is 1. The Morgan fingerprint density at radius 1 is 1.09 bits per heavy atom. The minimum Gasteiger partial charge on any atom is -0.507 e. The van der Waals surface area contributed by atoms with Crippen molar-refractivity contribution in [2.75, 3.05) is 43.6 Å². The first-order valence-corrected chi connectivity index (χ1v) is 15.0. The van der Waals surface area contributed by atoms with Crippen LogP contribution >= 0.6 is 0 Å². The van der Waals surface area contributed by atoms with Crippen molar-refractivity contribution in [1.29, 1.82) is 0 Å². The zero-order valence-electron chi connectivity index (χ0n) is 25.7. The largest absolute Gasteiger partial charge is 0.507 e. The number of methoxy groups -OCH3 is 1. The van der Waals surface area contributed by atoms with Gasteiger partial charge in [0, 0.05) is 62.5 Å². The number of phenols is 1. The van der Waals surface area contributed by atoms with Crippen LogP contribution in [0, 0.1) is 5.82 Å². The van der Waals surface area contributed by atoms with Crippen LogP contribution in [0.15, 0.2) is 35.3 Å². The van der Waals surface area contributed by atoms with Crippen LogP contribution in [0.25, 0.3) is 10.9 Å². The number of halogens is 1. The normalized spacial score (nSPS) is 16.3. The molecule has 2 fully saturated rings. The van der Waals surface area contributed by atoms with E-state index in [1.807, 2.05) is 6.92 Å². The highest BCUT2D eigenvalue weighted by atomic mass is 19.1. The van der Waals surface area contributed by atoms with Gasteiger partial charge in [-0.25, -0.2) is 14.0 Å². The van der Waals surface area contributed by atoms with Crippen molar-refractivity contribution < 1.29 is 43.3 Å². The van der Waals surface area contributed by atoms with E-state index in [9.17, 15) is 34.2 Å². The van der Waals surface area contributed by atoms with E-state index in [1.54, 1.807) is 21.3 Å². The van der Waals surface area contributed by atoms with Crippen molar-refractivity contribution in [3.63, 3.8) is 0 Å². The van der Waals surface area contributed by atoms with Gasteiger partial charge in [-0.15, -0.1) is 0 Å². The number of carbonyl (C=O) groups excluding carboxylic acids is 3. The Bertz CT molecular complexity index is 1790. The van der Waals surface area contributed by atoms with Crippen LogP contribution in [0.2, 0.25) is 0 Å². The molecule has 3 aromatic rings. The van der Waals surface area contributed by atoms with Crippen molar-refractivity contribution in [3.8, 4) is 11.5 Å². The number of nitrogens with zero attached hydrogens (tertiary/aromatic N) is 3. The highest BCUT2D eigenvalue weighted by molar-refractivity contribution is 5.98. The molecule has 13 nitrogen and oxygen atoms in total. The number of ether oxygens (including phenoxy) is 2. The second-order valence-electron chi connectivity index (χ2n) is 11.3. The molecule has 2 amide bonds. The number of piperazine rings is 1. The summed E-state index contributed by atoms with van der Waals surface area (Å²) >= 11 is 0. The molecule has 1 aliphatic heterocycles. The maximum atomic E-state index is 15.7.